The van der Waals surface area contributed by atoms with Gasteiger partial charge in [0.05, 0.1) is 12.3 Å². The van der Waals surface area contributed by atoms with Gasteiger partial charge in [0.2, 0.25) is 0 Å². The van der Waals surface area contributed by atoms with E-state index in [2.05, 4.69) is 5.32 Å². The fourth-order valence-electron chi connectivity index (χ4n) is 2.04. The fraction of sp³-hybridized carbons (Fsp3) is 0.462. The Hall–Kier alpha value is -1.75. The van der Waals surface area contributed by atoms with E-state index in [1.165, 1.54) is 12.1 Å². The lowest BCUT2D eigenvalue weighted by molar-refractivity contribution is 0.0922. The average Bonchev–Trinajstić information content (AvgIpc) is 2.86. The van der Waals surface area contributed by atoms with Crippen LogP contribution in [0.25, 0.3) is 0 Å². The summed E-state index contributed by atoms with van der Waals surface area (Å²) in [4.78, 5) is 12.0. The lowest BCUT2D eigenvalue weighted by atomic mass is 10.0. The number of phenols is 1. The Morgan fingerprint density at radius 1 is 1.61 bits per heavy atom. The maximum Gasteiger partial charge on any atom is 0.251 e. The lowest BCUT2D eigenvalue weighted by Gasteiger charge is -2.19. The third-order valence-electron chi connectivity index (χ3n) is 3.32. The highest BCUT2D eigenvalue weighted by Gasteiger charge is 2.23. The van der Waals surface area contributed by atoms with E-state index in [1.807, 2.05) is 6.92 Å². The SMILES string of the molecule is CC(NC(=O)c1ccc(N)c(O)c1)C1CCOC1. The van der Waals surface area contributed by atoms with Crippen LogP contribution in [0, 0.1) is 5.92 Å². The molecule has 1 aliphatic heterocycles. The lowest BCUT2D eigenvalue weighted by Crippen LogP contribution is -2.38. The van der Waals surface area contributed by atoms with E-state index in [-0.39, 0.29) is 23.4 Å². The van der Waals surface area contributed by atoms with Crippen LogP contribution in [0.15, 0.2) is 18.2 Å². The van der Waals surface area contributed by atoms with Gasteiger partial charge < -0.3 is 20.9 Å². The van der Waals surface area contributed by atoms with Crippen molar-refractivity contribution in [1.82, 2.24) is 5.32 Å². The van der Waals surface area contributed by atoms with E-state index in [4.69, 9.17) is 10.5 Å². The van der Waals surface area contributed by atoms with Crippen LogP contribution >= 0.6 is 0 Å². The van der Waals surface area contributed by atoms with Crippen LogP contribution in [-0.4, -0.2) is 30.3 Å². The number of aromatic hydroxyl groups is 1. The van der Waals surface area contributed by atoms with Gasteiger partial charge in [0.15, 0.2) is 0 Å². The smallest absolute Gasteiger partial charge is 0.251 e. The summed E-state index contributed by atoms with van der Waals surface area (Å²) in [5.74, 6) is 0.0838. The van der Waals surface area contributed by atoms with Crippen LogP contribution in [0.3, 0.4) is 0 Å². The quantitative estimate of drug-likeness (QED) is 0.554. The van der Waals surface area contributed by atoms with Crippen molar-refractivity contribution in [1.29, 1.82) is 0 Å². The number of anilines is 1. The Morgan fingerprint density at radius 2 is 2.39 bits per heavy atom. The standard InChI is InChI=1S/C13H18N2O3/c1-8(10-4-5-18-7-10)15-13(17)9-2-3-11(14)12(16)6-9/h2-3,6,8,10,16H,4-5,7,14H2,1H3,(H,15,17). The number of carbonyl (C=O) groups is 1. The van der Waals surface area contributed by atoms with Crippen molar-refractivity contribution in [3.63, 3.8) is 0 Å². The van der Waals surface area contributed by atoms with Crippen molar-refractivity contribution >= 4 is 11.6 Å². The van der Waals surface area contributed by atoms with E-state index in [0.29, 0.717) is 18.1 Å². The molecule has 4 N–H and O–H groups in total. The highest BCUT2D eigenvalue weighted by molar-refractivity contribution is 5.95. The van der Waals surface area contributed by atoms with E-state index in [9.17, 15) is 9.90 Å². The first-order valence-electron chi connectivity index (χ1n) is 6.05. The molecule has 1 aliphatic rings. The summed E-state index contributed by atoms with van der Waals surface area (Å²) in [6.07, 6.45) is 0.967. The zero-order chi connectivity index (χ0) is 13.1. The number of nitrogens with two attached hydrogens (primary N) is 1. The van der Waals surface area contributed by atoms with Crippen molar-refractivity contribution < 1.29 is 14.6 Å². The molecule has 1 saturated heterocycles. The van der Waals surface area contributed by atoms with Crippen molar-refractivity contribution in [3.8, 4) is 5.75 Å². The van der Waals surface area contributed by atoms with Crippen LogP contribution < -0.4 is 11.1 Å². The first-order chi connectivity index (χ1) is 8.58. The Bertz CT molecular complexity index is 442. The predicted molar refractivity (Wildman–Crippen MR) is 68.4 cm³/mol. The highest BCUT2D eigenvalue weighted by atomic mass is 16.5. The number of amides is 1. The maximum atomic E-state index is 12.0. The topological polar surface area (TPSA) is 84.6 Å². The van der Waals surface area contributed by atoms with Gasteiger partial charge in [0, 0.05) is 24.1 Å². The third-order valence-corrected chi connectivity index (χ3v) is 3.32. The van der Waals surface area contributed by atoms with Gasteiger partial charge in [-0.25, -0.2) is 0 Å². The van der Waals surface area contributed by atoms with Gasteiger partial charge in [-0.05, 0) is 31.5 Å². The summed E-state index contributed by atoms with van der Waals surface area (Å²) >= 11 is 0. The van der Waals surface area contributed by atoms with Crippen molar-refractivity contribution in [3.05, 3.63) is 23.8 Å². The Morgan fingerprint density at radius 3 is 3.00 bits per heavy atom. The Kier molecular flexibility index (Phi) is 3.72. The molecule has 1 fully saturated rings. The highest BCUT2D eigenvalue weighted by Crippen LogP contribution is 2.21. The molecule has 1 aromatic carbocycles. The summed E-state index contributed by atoms with van der Waals surface area (Å²) in [5.41, 5.74) is 6.17. The van der Waals surface area contributed by atoms with Crippen molar-refractivity contribution in [2.24, 2.45) is 5.92 Å². The summed E-state index contributed by atoms with van der Waals surface area (Å²) in [5, 5.41) is 12.4. The number of hydrogen-bond donors (Lipinski definition) is 3. The van der Waals surface area contributed by atoms with Gasteiger partial charge in [0.1, 0.15) is 5.75 Å². The summed E-state index contributed by atoms with van der Waals surface area (Å²) in [6, 6.07) is 4.55. The number of phenolic OH excluding ortho intramolecular Hbond substituents is 1. The van der Waals surface area contributed by atoms with Crippen LogP contribution in [0.5, 0.6) is 5.75 Å². The molecule has 2 atom stereocenters. The summed E-state index contributed by atoms with van der Waals surface area (Å²) in [7, 11) is 0. The van der Waals surface area contributed by atoms with Gasteiger partial charge in [0.25, 0.3) is 5.91 Å². The van der Waals surface area contributed by atoms with Gasteiger partial charge in [-0.15, -0.1) is 0 Å². The second-order valence-electron chi connectivity index (χ2n) is 4.66. The second kappa shape index (κ2) is 5.27. The number of ether oxygens (including phenoxy) is 1. The molecular formula is C13H18N2O3. The largest absolute Gasteiger partial charge is 0.506 e. The molecule has 0 bridgehead atoms. The van der Waals surface area contributed by atoms with Gasteiger partial charge >= 0.3 is 0 Å². The van der Waals surface area contributed by atoms with Crippen LogP contribution in [0.4, 0.5) is 5.69 Å². The molecule has 2 rings (SSSR count). The van der Waals surface area contributed by atoms with Crippen molar-refractivity contribution in [2.75, 3.05) is 18.9 Å². The molecule has 5 heteroatoms. The Labute approximate surface area is 106 Å². The zero-order valence-corrected chi connectivity index (χ0v) is 10.3. The molecular weight excluding hydrogens is 232 g/mol. The monoisotopic (exact) mass is 250 g/mol. The number of carbonyl (C=O) groups excluding carboxylic acids is 1. The maximum absolute atomic E-state index is 12.0. The number of rotatable bonds is 3. The van der Waals surface area contributed by atoms with E-state index in [1.54, 1.807) is 6.07 Å². The van der Waals surface area contributed by atoms with E-state index < -0.39 is 0 Å². The Balaban J connectivity index is 2.00. The zero-order valence-electron chi connectivity index (χ0n) is 10.3. The van der Waals surface area contributed by atoms with Gasteiger partial charge in [-0.3, -0.25) is 4.79 Å². The first-order valence-corrected chi connectivity index (χ1v) is 6.05. The molecule has 98 valence electrons. The number of benzene rings is 1. The average molecular weight is 250 g/mol. The summed E-state index contributed by atoms with van der Waals surface area (Å²) < 4.78 is 5.29. The number of nitrogen functional groups attached to an aromatic ring is 1. The number of hydrogen-bond acceptors (Lipinski definition) is 4. The molecule has 0 aliphatic carbocycles. The minimum atomic E-state index is -0.204. The van der Waals surface area contributed by atoms with Crippen molar-refractivity contribution in [2.45, 2.75) is 19.4 Å². The molecule has 1 amide bonds. The summed E-state index contributed by atoms with van der Waals surface area (Å²) in [6.45, 7) is 3.41. The molecule has 1 heterocycles. The minimum Gasteiger partial charge on any atom is -0.506 e. The molecule has 0 aromatic heterocycles. The van der Waals surface area contributed by atoms with E-state index >= 15 is 0 Å². The minimum absolute atomic E-state index is 0.0553. The number of nitrogens with one attached hydrogen (secondary N) is 1. The third kappa shape index (κ3) is 2.73. The van der Waals surface area contributed by atoms with Crippen LogP contribution in [-0.2, 0) is 4.74 Å². The predicted octanol–water partition coefficient (Wildman–Crippen LogP) is 1.13. The molecule has 5 nitrogen and oxygen atoms in total. The van der Waals surface area contributed by atoms with Crippen LogP contribution in [0.1, 0.15) is 23.7 Å². The molecule has 0 radical (unpaired) electrons. The van der Waals surface area contributed by atoms with Gasteiger partial charge in [-0.2, -0.15) is 0 Å². The normalized spacial score (nSPS) is 20.6. The van der Waals surface area contributed by atoms with E-state index in [0.717, 1.165) is 13.0 Å². The second-order valence-corrected chi connectivity index (χ2v) is 4.66. The van der Waals surface area contributed by atoms with Crippen LogP contribution in [0.2, 0.25) is 0 Å². The molecule has 18 heavy (non-hydrogen) atoms. The molecule has 0 spiro atoms. The molecule has 2 unspecified atom stereocenters. The molecule has 0 saturated carbocycles. The van der Waals surface area contributed by atoms with Gasteiger partial charge in [-0.1, -0.05) is 0 Å². The first kappa shape index (κ1) is 12.7. The fourth-order valence-corrected chi connectivity index (χ4v) is 2.04. The molecule has 1 aromatic rings.